The summed E-state index contributed by atoms with van der Waals surface area (Å²) in [5.74, 6) is -0.0933. The van der Waals surface area contributed by atoms with Crippen LogP contribution in [0.4, 0.5) is 5.69 Å². The summed E-state index contributed by atoms with van der Waals surface area (Å²) in [7, 11) is 0. The van der Waals surface area contributed by atoms with Crippen LogP contribution in [-0.2, 0) is 4.79 Å². The highest BCUT2D eigenvalue weighted by atomic mass is 35.5. The Hall–Kier alpha value is -2.37. The van der Waals surface area contributed by atoms with Gasteiger partial charge in [-0.25, -0.2) is 9.98 Å². The maximum atomic E-state index is 12.7. The van der Waals surface area contributed by atoms with E-state index in [-0.39, 0.29) is 5.91 Å². The van der Waals surface area contributed by atoms with Crippen LogP contribution in [0.3, 0.4) is 0 Å². The molecule has 0 N–H and O–H groups in total. The molecule has 0 saturated carbocycles. The number of carbonyl (C=O) groups is 1. The molecule has 0 aliphatic carbocycles. The number of thioether (sulfide) groups is 1. The first-order chi connectivity index (χ1) is 12.1. The summed E-state index contributed by atoms with van der Waals surface area (Å²) in [6.45, 7) is 6.13. The van der Waals surface area contributed by atoms with Crippen LogP contribution in [0.1, 0.15) is 11.1 Å². The van der Waals surface area contributed by atoms with Crippen LogP contribution in [0.25, 0.3) is 6.08 Å². The van der Waals surface area contributed by atoms with E-state index >= 15 is 0 Å². The summed E-state index contributed by atoms with van der Waals surface area (Å²) in [5.41, 5.74) is 2.68. The van der Waals surface area contributed by atoms with Crippen molar-refractivity contribution in [3.05, 3.63) is 76.4 Å². The molecule has 0 spiro atoms. The summed E-state index contributed by atoms with van der Waals surface area (Å²) in [5, 5.41) is 0.871. The maximum absolute atomic E-state index is 12.7. The van der Waals surface area contributed by atoms with Gasteiger partial charge in [0.25, 0.3) is 5.91 Å². The topological polar surface area (TPSA) is 45.6 Å². The highest BCUT2D eigenvalue weighted by Gasteiger charge is 2.32. The molecule has 1 aromatic carbocycles. The molecule has 1 aliphatic rings. The second-order valence-corrected chi connectivity index (χ2v) is 6.80. The molecule has 1 amide bonds. The lowest BCUT2D eigenvalue weighted by atomic mass is 10.1. The molecule has 0 bridgehead atoms. The first kappa shape index (κ1) is 17.5. The van der Waals surface area contributed by atoms with Gasteiger partial charge < -0.3 is 0 Å². The zero-order valence-electron chi connectivity index (χ0n) is 13.6. The average molecular weight is 370 g/mol. The predicted octanol–water partition coefficient (Wildman–Crippen LogP) is 4.83. The Bertz CT molecular complexity index is 874. The van der Waals surface area contributed by atoms with Crippen LogP contribution >= 0.6 is 23.4 Å². The molecule has 6 heteroatoms. The summed E-state index contributed by atoms with van der Waals surface area (Å²) < 4.78 is 0. The third-order valence-electron chi connectivity index (χ3n) is 3.53. The van der Waals surface area contributed by atoms with Crippen molar-refractivity contribution in [2.75, 3.05) is 6.54 Å². The number of hydrogen-bond acceptors (Lipinski definition) is 4. The molecular weight excluding hydrogens is 354 g/mol. The van der Waals surface area contributed by atoms with Gasteiger partial charge in [0.05, 0.1) is 4.91 Å². The highest BCUT2D eigenvalue weighted by Crippen LogP contribution is 2.35. The quantitative estimate of drug-likeness (QED) is 0.440. The van der Waals surface area contributed by atoms with Gasteiger partial charge in [0, 0.05) is 12.7 Å². The van der Waals surface area contributed by atoms with Crippen molar-refractivity contribution in [1.29, 1.82) is 0 Å². The molecule has 1 aliphatic heterocycles. The minimum absolute atomic E-state index is 0.0933. The zero-order valence-corrected chi connectivity index (χ0v) is 15.2. The number of aryl methyl sites for hydroxylation is 1. The molecule has 3 rings (SSSR count). The van der Waals surface area contributed by atoms with Crippen LogP contribution in [0.5, 0.6) is 0 Å². The molecule has 0 radical (unpaired) electrons. The van der Waals surface area contributed by atoms with Crippen LogP contribution in [0.2, 0.25) is 5.15 Å². The fraction of sp³-hybridized carbons (Fsp3) is 0.105. The molecule has 0 atom stereocenters. The SMILES string of the molecule is C=CCN1C(=O)/C(=C/c2ccc(C)cc2)SC1=Nc1cccnc1Cl. The van der Waals surface area contributed by atoms with Gasteiger partial charge in [0.1, 0.15) is 5.69 Å². The highest BCUT2D eigenvalue weighted by molar-refractivity contribution is 8.18. The smallest absolute Gasteiger partial charge is 0.267 e. The van der Waals surface area contributed by atoms with Crippen molar-refractivity contribution in [2.24, 2.45) is 4.99 Å². The summed E-state index contributed by atoms with van der Waals surface area (Å²) in [6, 6.07) is 11.5. The van der Waals surface area contributed by atoms with Crippen LogP contribution in [-0.4, -0.2) is 27.5 Å². The summed E-state index contributed by atoms with van der Waals surface area (Å²) in [4.78, 5) is 23.4. The first-order valence-corrected chi connectivity index (χ1v) is 8.86. The Kier molecular flexibility index (Phi) is 5.36. The van der Waals surface area contributed by atoms with Crippen molar-refractivity contribution in [2.45, 2.75) is 6.92 Å². The van der Waals surface area contributed by atoms with Crippen molar-refractivity contribution in [3.8, 4) is 0 Å². The molecule has 0 unspecified atom stereocenters. The second-order valence-electron chi connectivity index (χ2n) is 5.43. The molecule has 25 heavy (non-hydrogen) atoms. The van der Waals surface area contributed by atoms with Crippen LogP contribution in [0.15, 0.2) is 65.1 Å². The van der Waals surface area contributed by atoms with E-state index in [1.807, 2.05) is 37.3 Å². The number of aromatic nitrogens is 1. The number of aliphatic imine (C=N–C) groups is 1. The number of rotatable bonds is 4. The fourth-order valence-corrected chi connectivity index (χ4v) is 3.42. The van der Waals surface area contributed by atoms with E-state index in [1.54, 1.807) is 29.3 Å². The number of amidine groups is 1. The minimum atomic E-state index is -0.0933. The Morgan fingerprint density at radius 3 is 2.76 bits per heavy atom. The zero-order chi connectivity index (χ0) is 17.8. The van der Waals surface area contributed by atoms with Gasteiger partial charge in [-0.1, -0.05) is 47.5 Å². The molecule has 1 saturated heterocycles. The number of benzene rings is 1. The lowest BCUT2D eigenvalue weighted by Crippen LogP contribution is -2.29. The Morgan fingerprint density at radius 1 is 1.32 bits per heavy atom. The minimum Gasteiger partial charge on any atom is -0.283 e. The molecule has 1 aromatic heterocycles. The number of hydrogen-bond donors (Lipinski definition) is 0. The third kappa shape index (κ3) is 4.00. The van der Waals surface area contributed by atoms with Crippen molar-refractivity contribution in [3.63, 3.8) is 0 Å². The van der Waals surface area contributed by atoms with Gasteiger partial charge in [-0.15, -0.1) is 6.58 Å². The van der Waals surface area contributed by atoms with E-state index < -0.39 is 0 Å². The standard InChI is InChI=1S/C19H16ClN3OS/c1-3-11-23-18(24)16(12-14-8-6-13(2)7-9-14)25-19(23)22-15-5-4-10-21-17(15)20/h3-10,12H,1,11H2,2H3/b16-12-,22-19?. The average Bonchev–Trinajstić information content (AvgIpc) is 2.88. The van der Waals surface area contributed by atoms with Gasteiger partial charge in [-0.3, -0.25) is 9.69 Å². The van der Waals surface area contributed by atoms with Gasteiger partial charge in [0.15, 0.2) is 10.3 Å². The number of amides is 1. The first-order valence-electron chi connectivity index (χ1n) is 7.66. The van der Waals surface area contributed by atoms with Crippen LogP contribution in [0, 0.1) is 6.92 Å². The Balaban J connectivity index is 1.96. The monoisotopic (exact) mass is 369 g/mol. The van der Waals surface area contributed by atoms with Gasteiger partial charge in [-0.05, 0) is 42.5 Å². The number of halogens is 1. The predicted molar refractivity (Wildman–Crippen MR) is 105 cm³/mol. The van der Waals surface area contributed by atoms with Gasteiger partial charge in [-0.2, -0.15) is 0 Å². The molecule has 4 nitrogen and oxygen atoms in total. The van der Waals surface area contributed by atoms with E-state index in [4.69, 9.17) is 11.6 Å². The fourth-order valence-electron chi connectivity index (χ4n) is 2.26. The number of carbonyl (C=O) groups excluding carboxylic acids is 1. The van der Waals surface area contributed by atoms with E-state index in [0.29, 0.717) is 27.5 Å². The van der Waals surface area contributed by atoms with Gasteiger partial charge in [0.2, 0.25) is 0 Å². The lowest BCUT2D eigenvalue weighted by molar-refractivity contribution is -0.121. The van der Waals surface area contributed by atoms with Crippen LogP contribution < -0.4 is 0 Å². The number of pyridine rings is 1. The third-order valence-corrected chi connectivity index (χ3v) is 4.83. The van der Waals surface area contributed by atoms with E-state index in [2.05, 4.69) is 16.6 Å². The molecule has 2 heterocycles. The van der Waals surface area contributed by atoms with Crippen molar-refractivity contribution >= 4 is 46.2 Å². The van der Waals surface area contributed by atoms with E-state index in [9.17, 15) is 4.79 Å². The Morgan fingerprint density at radius 2 is 2.08 bits per heavy atom. The number of nitrogens with zero attached hydrogens (tertiary/aromatic N) is 3. The van der Waals surface area contributed by atoms with E-state index in [0.717, 1.165) is 5.56 Å². The van der Waals surface area contributed by atoms with Gasteiger partial charge >= 0.3 is 0 Å². The van der Waals surface area contributed by atoms with Crippen molar-refractivity contribution < 1.29 is 4.79 Å². The summed E-state index contributed by atoms with van der Waals surface area (Å²) in [6.07, 6.45) is 5.15. The molecule has 2 aromatic rings. The summed E-state index contributed by atoms with van der Waals surface area (Å²) >= 11 is 7.40. The van der Waals surface area contributed by atoms with E-state index in [1.165, 1.54) is 17.3 Å². The normalized spacial score (nSPS) is 17.5. The largest absolute Gasteiger partial charge is 0.283 e. The lowest BCUT2D eigenvalue weighted by Gasteiger charge is -2.12. The Labute approximate surface area is 155 Å². The maximum Gasteiger partial charge on any atom is 0.267 e. The molecule has 126 valence electrons. The molecular formula is C19H16ClN3OS. The van der Waals surface area contributed by atoms with Crippen molar-refractivity contribution in [1.82, 2.24) is 9.88 Å². The second kappa shape index (κ2) is 7.68. The molecule has 1 fully saturated rings.